The van der Waals surface area contributed by atoms with Gasteiger partial charge in [-0.1, -0.05) is 29.8 Å². The van der Waals surface area contributed by atoms with Gasteiger partial charge in [0.25, 0.3) is 0 Å². The Labute approximate surface area is 110 Å². The van der Waals surface area contributed by atoms with Gasteiger partial charge in [-0.3, -0.25) is 0 Å². The van der Waals surface area contributed by atoms with E-state index in [1.54, 1.807) is 6.07 Å². The Bertz CT molecular complexity index is 731. The first kappa shape index (κ1) is 11.1. The molecule has 90 valence electrons. The summed E-state index contributed by atoms with van der Waals surface area (Å²) in [7, 11) is 0. The van der Waals surface area contributed by atoms with Gasteiger partial charge in [-0.05, 0) is 31.2 Å². The lowest BCUT2D eigenvalue weighted by Crippen LogP contribution is -1.98. The number of nitrogens with zero attached hydrogens (tertiary/aromatic N) is 2. The summed E-state index contributed by atoms with van der Waals surface area (Å²) in [5.74, 6) is 0. The number of nitrogens with two attached hydrogens (primary N) is 1. The topological polar surface area (TPSA) is 43.8 Å². The second-order valence-corrected chi connectivity index (χ2v) is 4.63. The zero-order valence-electron chi connectivity index (χ0n) is 9.89. The molecule has 18 heavy (non-hydrogen) atoms. The van der Waals surface area contributed by atoms with E-state index in [2.05, 4.69) is 11.2 Å². The van der Waals surface area contributed by atoms with Crippen molar-refractivity contribution in [2.75, 3.05) is 5.73 Å². The summed E-state index contributed by atoms with van der Waals surface area (Å²) in [6.07, 6.45) is 0. The van der Waals surface area contributed by atoms with Crippen LogP contribution in [0.5, 0.6) is 0 Å². The van der Waals surface area contributed by atoms with Crippen LogP contribution < -0.4 is 5.73 Å². The lowest BCUT2D eigenvalue weighted by Gasteiger charge is -2.05. The van der Waals surface area contributed by atoms with Crippen molar-refractivity contribution >= 4 is 28.2 Å². The number of aromatic nitrogens is 2. The van der Waals surface area contributed by atoms with Crippen LogP contribution in [0.4, 0.5) is 5.69 Å². The molecule has 0 aliphatic rings. The van der Waals surface area contributed by atoms with Crippen molar-refractivity contribution < 1.29 is 0 Å². The molecular weight excluding hydrogens is 246 g/mol. The summed E-state index contributed by atoms with van der Waals surface area (Å²) in [4.78, 5) is 0. The smallest absolute Gasteiger partial charge is 0.0743 e. The molecule has 0 spiro atoms. The minimum absolute atomic E-state index is 0.561. The highest BCUT2D eigenvalue weighted by Gasteiger charge is 2.08. The number of anilines is 1. The standard InChI is InChI=1S/C14H12ClN3/c1-9-11-4-2-3-5-14(11)18(17-9)10-6-7-12(15)13(16)8-10/h2-8H,16H2,1H3. The van der Waals surface area contributed by atoms with Crippen molar-refractivity contribution in [3.05, 3.63) is 53.2 Å². The highest BCUT2D eigenvalue weighted by Crippen LogP contribution is 2.25. The van der Waals surface area contributed by atoms with Gasteiger partial charge in [0, 0.05) is 5.39 Å². The number of hydrogen-bond acceptors (Lipinski definition) is 2. The van der Waals surface area contributed by atoms with Gasteiger partial charge in [0.15, 0.2) is 0 Å². The molecular formula is C14H12ClN3. The molecule has 3 nitrogen and oxygen atoms in total. The summed E-state index contributed by atoms with van der Waals surface area (Å²) in [6.45, 7) is 2.00. The molecule has 0 radical (unpaired) electrons. The van der Waals surface area contributed by atoms with Crippen LogP contribution in [0.2, 0.25) is 5.02 Å². The maximum absolute atomic E-state index is 5.94. The molecule has 3 aromatic rings. The predicted molar refractivity (Wildman–Crippen MR) is 75.2 cm³/mol. The first-order chi connectivity index (χ1) is 8.66. The van der Waals surface area contributed by atoms with E-state index in [1.165, 1.54) is 0 Å². The second-order valence-electron chi connectivity index (χ2n) is 4.22. The minimum Gasteiger partial charge on any atom is -0.397 e. The van der Waals surface area contributed by atoms with E-state index in [0.29, 0.717) is 10.7 Å². The first-order valence-corrected chi connectivity index (χ1v) is 6.04. The van der Waals surface area contributed by atoms with Crippen LogP contribution in [0.1, 0.15) is 5.69 Å². The van der Waals surface area contributed by atoms with Gasteiger partial charge in [-0.2, -0.15) is 5.10 Å². The average Bonchev–Trinajstić information content (AvgIpc) is 2.71. The van der Waals surface area contributed by atoms with E-state index in [1.807, 2.05) is 41.9 Å². The Kier molecular flexibility index (Phi) is 2.49. The molecule has 3 rings (SSSR count). The fraction of sp³-hybridized carbons (Fsp3) is 0.0714. The lowest BCUT2D eigenvalue weighted by molar-refractivity contribution is 0.889. The van der Waals surface area contributed by atoms with Crippen LogP contribution in [0.3, 0.4) is 0 Å². The molecule has 1 aromatic heterocycles. The van der Waals surface area contributed by atoms with E-state index in [4.69, 9.17) is 17.3 Å². The highest BCUT2D eigenvalue weighted by atomic mass is 35.5. The molecule has 1 heterocycles. The van der Waals surface area contributed by atoms with Gasteiger partial charge in [-0.15, -0.1) is 0 Å². The van der Waals surface area contributed by atoms with Crippen molar-refractivity contribution in [2.45, 2.75) is 6.92 Å². The summed E-state index contributed by atoms with van der Waals surface area (Å²) < 4.78 is 1.89. The molecule has 0 amide bonds. The second kappa shape index (κ2) is 4.03. The van der Waals surface area contributed by atoms with E-state index in [0.717, 1.165) is 22.3 Å². The molecule has 0 atom stereocenters. The Morgan fingerprint density at radius 3 is 2.72 bits per heavy atom. The largest absolute Gasteiger partial charge is 0.397 e. The van der Waals surface area contributed by atoms with Crippen molar-refractivity contribution in [3.63, 3.8) is 0 Å². The van der Waals surface area contributed by atoms with Crippen LogP contribution in [-0.2, 0) is 0 Å². The van der Waals surface area contributed by atoms with E-state index < -0.39 is 0 Å². The quantitative estimate of drug-likeness (QED) is 0.678. The Hall–Kier alpha value is -2.00. The van der Waals surface area contributed by atoms with E-state index in [9.17, 15) is 0 Å². The van der Waals surface area contributed by atoms with Crippen LogP contribution >= 0.6 is 11.6 Å². The molecule has 2 N–H and O–H groups in total. The summed E-state index contributed by atoms with van der Waals surface area (Å²) in [5, 5.41) is 6.26. The van der Waals surface area contributed by atoms with Crippen LogP contribution in [-0.4, -0.2) is 9.78 Å². The van der Waals surface area contributed by atoms with Crippen molar-refractivity contribution in [1.82, 2.24) is 9.78 Å². The number of halogens is 1. The predicted octanol–water partition coefficient (Wildman–Crippen LogP) is 3.57. The number of fused-ring (bicyclic) bond motifs is 1. The number of rotatable bonds is 1. The monoisotopic (exact) mass is 257 g/mol. The van der Waals surface area contributed by atoms with Crippen LogP contribution in [0, 0.1) is 6.92 Å². The summed E-state index contributed by atoms with van der Waals surface area (Å²) in [6, 6.07) is 13.7. The zero-order valence-corrected chi connectivity index (χ0v) is 10.6. The van der Waals surface area contributed by atoms with E-state index >= 15 is 0 Å². The van der Waals surface area contributed by atoms with Gasteiger partial charge in [0.1, 0.15) is 0 Å². The SMILES string of the molecule is Cc1nn(-c2ccc(Cl)c(N)c2)c2ccccc12. The molecule has 0 saturated heterocycles. The maximum atomic E-state index is 5.94. The number of para-hydroxylation sites is 1. The number of aryl methyl sites for hydroxylation is 1. The van der Waals surface area contributed by atoms with Crippen molar-refractivity contribution in [2.24, 2.45) is 0 Å². The molecule has 0 aliphatic heterocycles. The normalized spacial score (nSPS) is 11.0. The summed E-state index contributed by atoms with van der Waals surface area (Å²) in [5.41, 5.74) is 9.38. The number of benzene rings is 2. The summed E-state index contributed by atoms with van der Waals surface area (Å²) >= 11 is 5.94. The Morgan fingerprint density at radius 1 is 1.17 bits per heavy atom. The third-order valence-corrected chi connectivity index (χ3v) is 3.34. The third kappa shape index (κ3) is 1.64. The lowest BCUT2D eigenvalue weighted by atomic mass is 10.2. The highest BCUT2D eigenvalue weighted by molar-refractivity contribution is 6.33. The van der Waals surface area contributed by atoms with Gasteiger partial charge < -0.3 is 5.73 Å². The Morgan fingerprint density at radius 2 is 1.94 bits per heavy atom. The molecule has 0 bridgehead atoms. The molecule has 0 fully saturated rings. The first-order valence-electron chi connectivity index (χ1n) is 5.66. The van der Waals surface area contributed by atoms with Gasteiger partial charge in [0.2, 0.25) is 0 Å². The van der Waals surface area contributed by atoms with Crippen molar-refractivity contribution in [3.8, 4) is 5.69 Å². The fourth-order valence-corrected chi connectivity index (χ4v) is 2.20. The Balaban J connectivity index is 2.28. The third-order valence-electron chi connectivity index (χ3n) is 3.00. The van der Waals surface area contributed by atoms with Crippen LogP contribution in [0.25, 0.3) is 16.6 Å². The molecule has 2 aromatic carbocycles. The van der Waals surface area contributed by atoms with Gasteiger partial charge in [0.05, 0.1) is 27.6 Å². The zero-order chi connectivity index (χ0) is 12.7. The molecule has 0 aliphatic carbocycles. The van der Waals surface area contributed by atoms with Gasteiger partial charge in [-0.25, -0.2) is 4.68 Å². The molecule has 0 unspecified atom stereocenters. The minimum atomic E-state index is 0.561. The van der Waals surface area contributed by atoms with Crippen LogP contribution in [0.15, 0.2) is 42.5 Å². The fourth-order valence-electron chi connectivity index (χ4n) is 2.08. The van der Waals surface area contributed by atoms with Gasteiger partial charge >= 0.3 is 0 Å². The molecule has 0 saturated carbocycles. The van der Waals surface area contributed by atoms with Crippen molar-refractivity contribution in [1.29, 1.82) is 0 Å². The average molecular weight is 258 g/mol. The number of nitrogen functional groups attached to an aromatic ring is 1. The maximum Gasteiger partial charge on any atom is 0.0743 e. The van der Waals surface area contributed by atoms with E-state index in [-0.39, 0.29) is 0 Å². The molecule has 4 heteroatoms. The number of hydrogen-bond donors (Lipinski definition) is 1.